The smallest absolute Gasteiger partial charge is 0.326 e. The Morgan fingerprint density at radius 3 is 2.43 bits per heavy atom. The van der Waals surface area contributed by atoms with E-state index in [9.17, 15) is 9.59 Å². The van der Waals surface area contributed by atoms with E-state index < -0.39 is 12.0 Å². The van der Waals surface area contributed by atoms with Crippen LogP contribution in [-0.2, 0) is 9.59 Å². The second kappa shape index (κ2) is 2.49. The van der Waals surface area contributed by atoms with Crippen molar-refractivity contribution < 1.29 is 14.7 Å². The van der Waals surface area contributed by atoms with Crippen LogP contribution in [0.1, 0.15) is 33.1 Å². The summed E-state index contributed by atoms with van der Waals surface area (Å²) < 4.78 is 0. The van der Waals surface area contributed by atoms with Gasteiger partial charge in [0.25, 0.3) is 0 Å². The predicted octanol–water partition coefficient (Wildman–Crippen LogP) is 0.766. The molecule has 0 aromatic rings. The highest BCUT2D eigenvalue weighted by Gasteiger charge is 2.63. The van der Waals surface area contributed by atoms with Crippen molar-refractivity contribution in [2.75, 3.05) is 0 Å². The van der Waals surface area contributed by atoms with E-state index in [1.165, 1.54) is 0 Å². The molecule has 4 nitrogen and oxygen atoms in total. The maximum atomic E-state index is 11.3. The number of hydrogen-bond acceptors (Lipinski definition) is 2. The quantitative estimate of drug-likeness (QED) is 0.652. The molecule has 2 fully saturated rings. The van der Waals surface area contributed by atoms with Gasteiger partial charge < -0.3 is 10.4 Å². The Hall–Kier alpha value is -1.06. The van der Waals surface area contributed by atoms with Crippen molar-refractivity contribution in [1.82, 2.24) is 5.32 Å². The second-order valence-electron chi connectivity index (χ2n) is 5.06. The molecule has 78 valence electrons. The molecule has 0 aromatic heterocycles. The molecular weight excluding hydrogens is 182 g/mol. The summed E-state index contributed by atoms with van der Waals surface area (Å²) in [7, 11) is 0. The number of amides is 1. The number of carbonyl (C=O) groups excluding carboxylic acids is 1. The fourth-order valence-corrected chi connectivity index (χ4v) is 2.85. The largest absolute Gasteiger partial charge is 0.480 e. The Morgan fingerprint density at radius 2 is 2.14 bits per heavy atom. The van der Waals surface area contributed by atoms with E-state index >= 15 is 0 Å². The molecule has 1 aliphatic carbocycles. The van der Waals surface area contributed by atoms with Crippen molar-refractivity contribution in [1.29, 1.82) is 0 Å². The number of carboxylic acid groups (broad SMARTS) is 1. The van der Waals surface area contributed by atoms with Gasteiger partial charge in [-0.2, -0.15) is 0 Å². The molecule has 2 N–H and O–H groups in total. The fraction of sp³-hybridized carbons (Fsp3) is 0.800. The first kappa shape index (κ1) is 9.49. The van der Waals surface area contributed by atoms with Gasteiger partial charge in [0, 0.05) is 11.8 Å². The van der Waals surface area contributed by atoms with Crippen LogP contribution in [-0.4, -0.2) is 23.0 Å². The zero-order chi connectivity index (χ0) is 10.6. The topological polar surface area (TPSA) is 66.4 Å². The average Bonchev–Trinajstić information content (AvgIpc) is 2.44. The maximum Gasteiger partial charge on any atom is 0.326 e. The van der Waals surface area contributed by atoms with Gasteiger partial charge in [-0.1, -0.05) is 13.8 Å². The van der Waals surface area contributed by atoms with Crippen LogP contribution >= 0.6 is 0 Å². The Labute approximate surface area is 82.7 Å². The van der Waals surface area contributed by atoms with E-state index in [-0.39, 0.29) is 16.7 Å². The van der Waals surface area contributed by atoms with Gasteiger partial charge in [0.05, 0.1) is 0 Å². The van der Waals surface area contributed by atoms with Crippen LogP contribution in [0.4, 0.5) is 0 Å². The summed E-state index contributed by atoms with van der Waals surface area (Å²) in [5.41, 5.74) is -0.370. The standard InChI is InChI=1S/C10H15NO3/c1-9(2)3-4-10(9)5-6(12)11-7(10)8(13)14/h7H,3-5H2,1-2H3,(H,11,12)(H,13,14). The molecule has 4 heteroatoms. The Morgan fingerprint density at radius 1 is 1.50 bits per heavy atom. The number of carbonyl (C=O) groups is 2. The molecule has 1 heterocycles. The van der Waals surface area contributed by atoms with Crippen LogP contribution in [0.15, 0.2) is 0 Å². The molecule has 0 aromatic carbocycles. The summed E-state index contributed by atoms with van der Waals surface area (Å²) in [5.74, 6) is -1.02. The molecule has 1 aliphatic heterocycles. The number of rotatable bonds is 1. The van der Waals surface area contributed by atoms with E-state index in [4.69, 9.17) is 5.11 Å². The molecule has 2 atom stereocenters. The number of carboxylic acids is 1. The Balaban J connectivity index is 2.34. The highest BCUT2D eigenvalue weighted by atomic mass is 16.4. The van der Waals surface area contributed by atoms with E-state index in [0.29, 0.717) is 6.42 Å². The molecule has 0 bridgehead atoms. The minimum Gasteiger partial charge on any atom is -0.480 e. The first-order valence-electron chi connectivity index (χ1n) is 4.91. The third-order valence-corrected chi connectivity index (χ3v) is 4.12. The van der Waals surface area contributed by atoms with Gasteiger partial charge in [-0.05, 0) is 18.3 Å². The average molecular weight is 197 g/mol. The summed E-state index contributed by atoms with van der Waals surface area (Å²) in [6.45, 7) is 4.10. The lowest BCUT2D eigenvalue weighted by atomic mass is 9.48. The predicted molar refractivity (Wildman–Crippen MR) is 49.6 cm³/mol. The second-order valence-corrected chi connectivity index (χ2v) is 5.06. The van der Waals surface area contributed by atoms with Gasteiger partial charge in [0.15, 0.2) is 0 Å². The van der Waals surface area contributed by atoms with Gasteiger partial charge in [-0.15, -0.1) is 0 Å². The minimum absolute atomic E-state index is 0.0325. The first-order chi connectivity index (χ1) is 6.39. The van der Waals surface area contributed by atoms with Crippen molar-refractivity contribution in [2.45, 2.75) is 39.2 Å². The maximum absolute atomic E-state index is 11.3. The number of aliphatic carboxylic acids is 1. The molecule has 14 heavy (non-hydrogen) atoms. The van der Waals surface area contributed by atoms with Crippen LogP contribution in [0.2, 0.25) is 0 Å². The van der Waals surface area contributed by atoms with Crippen LogP contribution < -0.4 is 5.32 Å². The van der Waals surface area contributed by atoms with Crippen molar-refractivity contribution >= 4 is 11.9 Å². The molecule has 2 unspecified atom stereocenters. The highest BCUT2D eigenvalue weighted by molar-refractivity contribution is 5.89. The van der Waals surface area contributed by atoms with Gasteiger partial charge in [0.1, 0.15) is 6.04 Å². The summed E-state index contributed by atoms with van der Waals surface area (Å²) in [6, 6.07) is -0.682. The van der Waals surface area contributed by atoms with E-state index in [0.717, 1.165) is 12.8 Å². The lowest BCUT2D eigenvalue weighted by molar-refractivity contribution is -0.151. The third-order valence-electron chi connectivity index (χ3n) is 4.12. The summed E-state index contributed by atoms with van der Waals surface area (Å²) in [4.78, 5) is 22.3. The Bertz CT molecular complexity index is 310. The zero-order valence-corrected chi connectivity index (χ0v) is 8.46. The van der Waals surface area contributed by atoms with Crippen molar-refractivity contribution in [2.24, 2.45) is 10.8 Å². The van der Waals surface area contributed by atoms with Crippen LogP contribution in [0, 0.1) is 10.8 Å². The van der Waals surface area contributed by atoms with Gasteiger partial charge in [-0.25, -0.2) is 4.79 Å². The SMILES string of the molecule is CC1(C)CCC12CC(=O)NC2C(=O)O. The third kappa shape index (κ3) is 0.938. The Kier molecular flexibility index (Phi) is 1.69. The molecule has 1 spiro atoms. The van der Waals surface area contributed by atoms with Crippen molar-refractivity contribution in [3.8, 4) is 0 Å². The van der Waals surface area contributed by atoms with Crippen LogP contribution in [0.25, 0.3) is 0 Å². The molecule has 1 saturated carbocycles. The van der Waals surface area contributed by atoms with Crippen LogP contribution in [0.5, 0.6) is 0 Å². The van der Waals surface area contributed by atoms with E-state index in [1.807, 2.05) is 13.8 Å². The van der Waals surface area contributed by atoms with Gasteiger partial charge in [0.2, 0.25) is 5.91 Å². The number of hydrogen-bond donors (Lipinski definition) is 2. The van der Waals surface area contributed by atoms with Gasteiger partial charge in [-0.3, -0.25) is 4.79 Å². The molecular formula is C10H15NO3. The normalized spacial score (nSPS) is 39.3. The highest BCUT2D eigenvalue weighted by Crippen LogP contribution is 2.62. The van der Waals surface area contributed by atoms with Crippen molar-refractivity contribution in [3.05, 3.63) is 0 Å². The monoisotopic (exact) mass is 197 g/mol. The van der Waals surface area contributed by atoms with Crippen molar-refractivity contribution in [3.63, 3.8) is 0 Å². The molecule has 2 aliphatic rings. The summed E-state index contributed by atoms with van der Waals surface area (Å²) >= 11 is 0. The summed E-state index contributed by atoms with van der Waals surface area (Å²) in [6.07, 6.45) is 2.22. The molecule has 1 saturated heterocycles. The first-order valence-corrected chi connectivity index (χ1v) is 4.91. The van der Waals surface area contributed by atoms with Crippen LogP contribution in [0.3, 0.4) is 0 Å². The lowest BCUT2D eigenvalue weighted by Gasteiger charge is -2.55. The van der Waals surface area contributed by atoms with Gasteiger partial charge >= 0.3 is 5.97 Å². The molecule has 0 radical (unpaired) electrons. The minimum atomic E-state index is -0.899. The molecule has 2 rings (SSSR count). The fourth-order valence-electron chi connectivity index (χ4n) is 2.85. The van der Waals surface area contributed by atoms with E-state index in [2.05, 4.69) is 5.32 Å². The molecule has 1 amide bonds. The van der Waals surface area contributed by atoms with E-state index in [1.54, 1.807) is 0 Å². The summed E-state index contributed by atoms with van der Waals surface area (Å²) in [5, 5.41) is 11.6. The zero-order valence-electron chi connectivity index (χ0n) is 8.46. The lowest BCUT2D eigenvalue weighted by Crippen LogP contribution is -2.57. The number of nitrogens with one attached hydrogen (secondary N) is 1.